The quantitative estimate of drug-likeness (QED) is 0.541. The average Bonchev–Trinajstić information content (AvgIpc) is 3.03. The van der Waals surface area contributed by atoms with Crippen LogP contribution < -0.4 is 4.84 Å². The lowest BCUT2D eigenvalue weighted by Crippen LogP contribution is -2.57. The van der Waals surface area contributed by atoms with E-state index >= 15 is 0 Å². The molecule has 1 aromatic carbocycles. The minimum Gasteiger partial charge on any atom is -0.303 e. The Morgan fingerprint density at radius 1 is 1.26 bits per heavy atom. The minimum absolute atomic E-state index is 0.237. The molecular formula is C15H17Cl3N3O2+. The third-order valence-corrected chi connectivity index (χ3v) is 4.18. The molecule has 0 aliphatic carbocycles. The number of quaternary nitrogens is 1. The highest BCUT2D eigenvalue weighted by Gasteiger charge is 2.40. The Bertz CT molecular complexity index is 668. The molecule has 0 bridgehead atoms. The summed E-state index contributed by atoms with van der Waals surface area (Å²) in [5.74, 6) is 0.237. The molecule has 0 aliphatic rings. The van der Waals surface area contributed by atoms with Gasteiger partial charge < -0.3 is 4.84 Å². The first kappa shape index (κ1) is 18.1. The van der Waals surface area contributed by atoms with Crippen molar-refractivity contribution in [2.75, 3.05) is 13.1 Å². The van der Waals surface area contributed by atoms with Crippen molar-refractivity contribution in [2.24, 2.45) is 0 Å². The van der Waals surface area contributed by atoms with Crippen molar-refractivity contribution in [3.05, 3.63) is 45.9 Å². The number of aromatic nitrogens is 2. The molecule has 2 rings (SSSR count). The number of carbonyl (C=O) groups is 1. The van der Waals surface area contributed by atoms with E-state index in [0.717, 1.165) is 6.42 Å². The molecule has 23 heavy (non-hydrogen) atoms. The van der Waals surface area contributed by atoms with Crippen LogP contribution in [0, 0.1) is 0 Å². The minimum atomic E-state index is -0.284. The van der Waals surface area contributed by atoms with Crippen LogP contribution in [0.15, 0.2) is 30.9 Å². The van der Waals surface area contributed by atoms with Crippen molar-refractivity contribution in [3.8, 4) is 5.75 Å². The molecular weight excluding hydrogens is 361 g/mol. The molecule has 124 valence electrons. The Labute approximate surface area is 149 Å². The average molecular weight is 378 g/mol. The molecule has 0 aliphatic heterocycles. The molecule has 1 atom stereocenters. The van der Waals surface area contributed by atoms with E-state index in [1.54, 1.807) is 6.20 Å². The molecule has 5 nitrogen and oxygen atoms in total. The molecule has 0 radical (unpaired) electrons. The van der Waals surface area contributed by atoms with E-state index in [9.17, 15) is 4.79 Å². The molecule has 2 aromatic rings. The Kier molecular flexibility index (Phi) is 5.92. The van der Waals surface area contributed by atoms with Crippen LogP contribution in [0.3, 0.4) is 0 Å². The van der Waals surface area contributed by atoms with Crippen LogP contribution in [0.5, 0.6) is 5.75 Å². The molecule has 8 heteroatoms. The lowest BCUT2D eigenvalue weighted by molar-refractivity contribution is -1.01. The van der Waals surface area contributed by atoms with Gasteiger partial charge in [-0.25, -0.2) is 14.3 Å². The SMILES string of the molecule is CCC[N+](CC)(Oc1c(Cl)cc(Cl)cc1Cl)C(=O)n1ccnc1. The molecule has 1 aromatic heterocycles. The lowest BCUT2D eigenvalue weighted by Gasteiger charge is -2.31. The summed E-state index contributed by atoms with van der Waals surface area (Å²) in [6.07, 6.45) is 5.29. The van der Waals surface area contributed by atoms with E-state index in [1.807, 2.05) is 13.8 Å². The van der Waals surface area contributed by atoms with Crippen molar-refractivity contribution in [1.29, 1.82) is 0 Å². The summed E-state index contributed by atoms with van der Waals surface area (Å²) in [6, 6.07) is 2.79. The van der Waals surface area contributed by atoms with Crippen molar-refractivity contribution in [3.63, 3.8) is 0 Å². The number of halogens is 3. The summed E-state index contributed by atoms with van der Waals surface area (Å²) in [4.78, 5) is 22.8. The number of benzene rings is 1. The van der Waals surface area contributed by atoms with Crippen molar-refractivity contribution < 1.29 is 14.3 Å². The summed E-state index contributed by atoms with van der Waals surface area (Å²) in [6.45, 7) is 4.70. The maximum absolute atomic E-state index is 12.9. The summed E-state index contributed by atoms with van der Waals surface area (Å²) in [5, 5.41) is 0.916. The number of hydrogen-bond donors (Lipinski definition) is 0. The van der Waals surface area contributed by atoms with E-state index in [1.165, 1.54) is 29.2 Å². The largest absolute Gasteiger partial charge is 0.470 e. The van der Waals surface area contributed by atoms with Gasteiger partial charge in [0.05, 0.1) is 10.0 Å². The molecule has 0 spiro atoms. The maximum Gasteiger partial charge on any atom is 0.470 e. The van der Waals surface area contributed by atoms with Gasteiger partial charge in [0, 0.05) is 17.4 Å². The number of carbonyl (C=O) groups excluding carboxylic acids is 1. The van der Waals surface area contributed by atoms with E-state index in [2.05, 4.69) is 4.98 Å². The second kappa shape index (κ2) is 7.53. The van der Waals surface area contributed by atoms with E-state index < -0.39 is 0 Å². The highest BCUT2D eigenvalue weighted by atomic mass is 35.5. The van der Waals surface area contributed by atoms with Gasteiger partial charge in [-0.15, -0.1) is 0 Å². The van der Waals surface area contributed by atoms with Crippen LogP contribution in [0.25, 0.3) is 0 Å². The van der Waals surface area contributed by atoms with Crippen molar-refractivity contribution >= 4 is 40.8 Å². The van der Waals surface area contributed by atoms with Gasteiger partial charge in [0.25, 0.3) is 0 Å². The van der Waals surface area contributed by atoms with Gasteiger partial charge in [-0.05, 0) is 25.5 Å². The molecule has 0 fully saturated rings. The summed E-state index contributed by atoms with van der Waals surface area (Å²) < 4.78 is 1.10. The van der Waals surface area contributed by atoms with Crippen molar-refractivity contribution in [2.45, 2.75) is 20.3 Å². The zero-order valence-corrected chi connectivity index (χ0v) is 15.1. The summed E-state index contributed by atoms with van der Waals surface area (Å²) in [5.41, 5.74) is 0. The zero-order valence-electron chi connectivity index (χ0n) is 12.8. The van der Waals surface area contributed by atoms with Gasteiger partial charge in [0.15, 0.2) is 0 Å². The lowest BCUT2D eigenvalue weighted by atomic mass is 10.3. The Morgan fingerprint density at radius 2 is 1.91 bits per heavy atom. The second-order valence-electron chi connectivity index (χ2n) is 4.97. The summed E-state index contributed by atoms with van der Waals surface area (Å²) >= 11 is 18.3. The fourth-order valence-electron chi connectivity index (χ4n) is 2.27. The fraction of sp³-hybridized carbons (Fsp3) is 0.333. The standard InChI is InChI=1S/C15H17Cl3N3O2/c1-3-7-21(4-2,15(22)20-6-5-19-10-20)23-14-12(17)8-11(16)9-13(14)18/h5-6,8-10H,3-4,7H2,1-2H3/q+1. The van der Waals surface area contributed by atoms with Gasteiger partial charge in [0.1, 0.15) is 19.4 Å². The number of hydroxylamine groups is 3. The van der Waals surface area contributed by atoms with E-state index in [0.29, 0.717) is 18.1 Å². The highest BCUT2D eigenvalue weighted by molar-refractivity contribution is 6.40. The van der Waals surface area contributed by atoms with Gasteiger partial charge in [0.2, 0.25) is 5.75 Å². The molecule has 0 saturated heterocycles. The number of hydrogen-bond acceptors (Lipinski definition) is 3. The van der Waals surface area contributed by atoms with Crippen LogP contribution >= 0.6 is 34.8 Å². The van der Waals surface area contributed by atoms with Gasteiger partial charge in [-0.1, -0.05) is 46.4 Å². The molecule has 1 heterocycles. The first-order valence-electron chi connectivity index (χ1n) is 7.17. The monoisotopic (exact) mass is 376 g/mol. The van der Waals surface area contributed by atoms with Crippen LogP contribution in [0.2, 0.25) is 15.1 Å². The number of rotatable bonds is 5. The van der Waals surface area contributed by atoms with Gasteiger partial charge in [-0.2, -0.15) is 0 Å². The van der Waals surface area contributed by atoms with Crippen LogP contribution in [0.4, 0.5) is 4.79 Å². The summed E-state index contributed by atoms with van der Waals surface area (Å²) in [7, 11) is 0. The van der Waals surface area contributed by atoms with Crippen LogP contribution in [0.1, 0.15) is 20.3 Å². The first-order valence-corrected chi connectivity index (χ1v) is 8.31. The topological polar surface area (TPSA) is 44.1 Å². The molecule has 1 unspecified atom stereocenters. The molecule has 0 saturated carbocycles. The number of amides is 1. The van der Waals surface area contributed by atoms with E-state index in [-0.39, 0.29) is 26.5 Å². The predicted molar refractivity (Wildman–Crippen MR) is 91.1 cm³/mol. The predicted octanol–water partition coefficient (Wildman–Crippen LogP) is 5.05. The van der Waals surface area contributed by atoms with E-state index in [4.69, 9.17) is 39.6 Å². The van der Waals surface area contributed by atoms with Crippen molar-refractivity contribution in [1.82, 2.24) is 9.55 Å². The second-order valence-corrected chi connectivity index (χ2v) is 6.22. The highest BCUT2D eigenvalue weighted by Crippen LogP contribution is 2.37. The zero-order chi connectivity index (χ0) is 17.0. The number of nitrogens with zero attached hydrogens (tertiary/aromatic N) is 3. The van der Waals surface area contributed by atoms with Crippen LogP contribution in [-0.4, -0.2) is 33.3 Å². The normalized spacial score (nSPS) is 13.6. The van der Waals surface area contributed by atoms with Crippen LogP contribution in [-0.2, 0) is 0 Å². The van der Waals surface area contributed by atoms with Gasteiger partial charge in [-0.3, -0.25) is 0 Å². The fourth-order valence-corrected chi connectivity index (χ4v) is 3.16. The Balaban J connectivity index is 2.45. The first-order chi connectivity index (χ1) is 10.9. The molecule has 1 amide bonds. The third-order valence-electron chi connectivity index (χ3n) is 3.40. The molecule has 0 N–H and O–H groups in total. The van der Waals surface area contributed by atoms with Gasteiger partial charge >= 0.3 is 6.03 Å². The third kappa shape index (κ3) is 3.80. The smallest absolute Gasteiger partial charge is 0.303 e. The number of imidazole rings is 1. The Hall–Kier alpha value is -1.27. The Morgan fingerprint density at radius 3 is 2.39 bits per heavy atom. The maximum atomic E-state index is 12.9.